The SMILES string of the molecule is CC(C)(C)c1cccc(-c2ccc(OCC3CC3)cc2)n1. The van der Waals surface area contributed by atoms with Crippen LogP contribution in [0.4, 0.5) is 0 Å². The maximum absolute atomic E-state index is 5.78. The molecular formula is C19H23NO. The van der Waals surface area contributed by atoms with Crippen molar-refractivity contribution in [2.45, 2.75) is 39.0 Å². The van der Waals surface area contributed by atoms with Crippen molar-refractivity contribution in [2.75, 3.05) is 6.61 Å². The van der Waals surface area contributed by atoms with E-state index in [9.17, 15) is 0 Å². The first-order valence-electron chi connectivity index (χ1n) is 7.73. The van der Waals surface area contributed by atoms with Crippen LogP contribution in [-0.2, 0) is 5.41 Å². The van der Waals surface area contributed by atoms with Crippen molar-refractivity contribution in [3.05, 3.63) is 48.2 Å². The molecule has 1 aromatic heterocycles. The minimum atomic E-state index is 0.0727. The third-order valence-electron chi connectivity index (χ3n) is 3.85. The molecule has 0 atom stereocenters. The minimum Gasteiger partial charge on any atom is -0.493 e. The standard InChI is InChI=1S/C19H23NO/c1-19(2,3)18-6-4-5-17(20-18)15-9-11-16(12-10-15)21-13-14-7-8-14/h4-6,9-12,14H,7-8,13H2,1-3H3. The summed E-state index contributed by atoms with van der Waals surface area (Å²) in [5.41, 5.74) is 3.36. The molecule has 1 heterocycles. The monoisotopic (exact) mass is 281 g/mol. The van der Waals surface area contributed by atoms with E-state index in [2.05, 4.69) is 51.1 Å². The van der Waals surface area contributed by atoms with Crippen LogP contribution in [0.1, 0.15) is 39.3 Å². The average Bonchev–Trinajstić information content (AvgIpc) is 3.29. The second-order valence-electron chi connectivity index (χ2n) is 6.94. The van der Waals surface area contributed by atoms with Gasteiger partial charge in [-0.25, -0.2) is 0 Å². The molecule has 0 unspecified atom stereocenters. The van der Waals surface area contributed by atoms with Crippen molar-refractivity contribution < 1.29 is 4.74 Å². The predicted octanol–water partition coefficient (Wildman–Crippen LogP) is 4.83. The molecule has 110 valence electrons. The molecule has 0 saturated heterocycles. The summed E-state index contributed by atoms with van der Waals surface area (Å²) >= 11 is 0. The molecule has 1 aliphatic rings. The summed E-state index contributed by atoms with van der Waals surface area (Å²) in [6.45, 7) is 7.42. The predicted molar refractivity (Wildman–Crippen MR) is 86.6 cm³/mol. The van der Waals surface area contributed by atoms with Gasteiger partial charge in [0.1, 0.15) is 5.75 Å². The van der Waals surface area contributed by atoms with Crippen molar-refractivity contribution in [1.82, 2.24) is 4.98 Å². The van der Waals surface area contributed by atoms with Gasteiger partial charge < -0.3 is 4.74 Å². The van der Waals surface area contributed by atoms with Crippen molar-refractivity contribution >= 4 is 0 Å². The molecule has 2 nitrogen and oxygen atoms in total. The molecule has 0 radical (unpaired) electrons. The van der Waals surface area contributed by atoms with E-state index in [0.717, 1.165) is 35.2 Å². The Labute approximate surface area is 127 Å². The Morgan fingerprint density at radius 3 is 2.38 bits per heavy atom. The lowest BCUT2D eigenvalue weighted by Crippen LogP contribution is -2.13. The van der Waals surface area contributed by atoms with Gasteiger partial charge in [0, 0.05) is 16.7 Å². The number of pyridine rings is 1. The molecule has 1 aromatic carbocycles. The van der Waals surface area contributed by atoms with Gasteiger partial charge in [0.15, 0.2) is 0 Å². The van der Waals surface area contributed by atoms with Gasteiger partial charge in [-0.2, -0.15) is 0 Å². The van der Waals surface area contributed by atoms with Crippen molar-refractivity contribution in [1.29, 1.82) is 0 Å². The molecule has 1 aliphatic carbocycles. The van der Waals surface area contributed by atoms with Crippen LogP contribution in [0.15, 0.2) is 42.5 Å². The number of aromatic nitrogens is 1. The van der Waals surface area contributed by atoms with Crippen molar-refractivity contribution in [2.24, 2.45) is 5.92 Å². The Morgan fingerprint density at radius 1 is 1.05 bits per heavy atom. The highest BCUT2D eigenvalue weighted by Gasteiger charge is 2.21. The molecule has 2 heteroatoms. The Kier molecular flexibility index (Phi) is 3.71. The van der Waals surface area contributed by atoms with Gasteiger partial charge in [-0.3, -0.25) is 4.98 Å². The first kappa shape index (κ1) is 14.1. The highest BCUT2D eigenvalue weighted by atomic mass is 16.5. The van der Waals surface area contributed by atoms with E-state index in [-0.39, 0.29) is 5.41 Å². The number of benzene rings is 1. The molecule has 0 amide bonds. The smallest absolute Gasteiger partial charge is 0.119 e. The molecule has 0 N–H and O–H groups in total. The van der Waals surface area contributed by atoms with Gasteiger partial charge in [-0.1, -0.05) is 26.8 Å². The zero-order valence-corrected chi connectivity index (χ0v) is 13.1. The van der Waals surface area contributed by atoms with E-state index in [1.165, 1.54) is 12.8 Å². The van der Waals surface area contributed by atoms with Gasteiger partial charge >= 0.3 is 0 Å². The number of ether oxygens (including phenoxy) is 1. The summed E-state index contributed by atoms with van der Waals surface area (Å²) in [5.74, 6) is 1.74. The maximum Gasteiger partial charge on any atom is 0.119 e. The fourth-order valence-electron chi connectivity index (χ4n) is 2.23. The fraction of sp³-hybridized carbons (Fsp3) is 0.421. The molecule has 3 rings (SSSR count). The quantitative estimate of drug-likeness (QED) is 0.800. The van der Waals surface area contributed by atoms with Crippen LogP contribution >= 0.6 is 0 Å². The topological polar surface area (TPSA) is 22.1 Å². The Bertz CT molecular complexity index is 606. The third-order valence-corrected chi connectivity index (χ3v) is 3.85. The summed E-state index contributed by atoms with van der Waals surface area (Å²) in [6, 6.07) is 14.5. The van der Waals surface area contributed by atoms with Crippen LogP contribution in [0.5, 0.6) is 5.75 Å². The molecule has 0 spiro atoms. The zero-order chi connectivity index (χ0) is 14.9. The van der Waals surface area contributed by atoms with E-state index >= 15 is 0 Å². The van der Waals surface area contributed by atoms with Crippen LogP contribution in [0.2, 0.25) is 0 Å². The van der Waals surface area contributed by atoms with Gasteiger partial charge in [-0.05, 0) is 55.2 Å². The summed E-state index contributed by atoms with van der Waals surface area (Å²) < 4.78 is 5.78. The molecule has 0 bridgehead atoms. The Balaban J connectivity index is 1.76. The lowest BCUT2D eigenvalue weighted by atomic mass is 9.91. The number of rotatable bonds is 4. The second kappa shape index (κ2) is 5.51. The number of hydrogen-bond donors (Lipinski definition) is 0. The fourth-order valence-corrected chi connectivity index (χ4v) is 2.23. The highest BCUT2D eigenvalue weighted by Crippen LogP contribution is 2.30. The van der Waals surface area contributed by atoms with E-state index in [4.69, 9.17) is 9.72 Å². The van der Waals surface area contributed by atoms with E-state index in [0.29, 0.717) is 0 Å². The molecule has 1 fully saturated rings. The van der Waals surface area contributed by atoms with Crippen LogP contribution in [0, 0.1) is 5.92 Å². The first-order valence-corrected chi connectivity index (χ1v) is 7.73. The van der Waals surface area contributed by atoms with Crippen molar-refractivity contribution in [3.63, 3.8) is 0 Å². The zero-order valence-electron chi connectivity index (χ0n) is 13.1. The summed E-state index contributed by atoms with van der Waals surface area (Å²) in [7, 11) is 0. The van der Waals surface area contributed by atoms with E-state index in [1.807, 2.05) is 12.1 Å². The third kappa shape index (κ3) is 3.63. The average molecular weight is 281 g/mol. The Hall–Kier alpha value is -1.83. The summed E-state index contributed by atoms with van der Waals surface area (Å²) in [5, 5.41) is 0. The van der Waals surface area contributed by atoms with Gasteiger partial charge in [0.05, 0.1) is 12.3 Å². The van der Waals surface area contributed by atoms with Crippen LogP contribution in [0.25, 0.3) is 11.3 Å². The first-order chi connectivity index (χ1) is 10.0. The largest absolute Gasteiger partial charge is 0.493 e. The van der Waals surface area contributed by atoms with E-state index < -0.39 is 0 Å². The van der Waals surface area contributed by atoms with E-state index in [1.54, 1.807) is 0 Å². The molecular weight excluding hydrogens is 258 g/mol. The Morgan fingerprint density at radius 2 is 1.76 bits per heavy atom. The second-order valence-corrected chi connectivity index (χ2v) is 6.94. The van der Waals surface area contributed by atoms with Crippen molar-refractivity contribution in [3.8, 4) is 17.0 Å². The molecule has 21 heavy (non-hydrogen) atoms. The van der Waals surface area contributed by atoms with Crippen LogP contribution in [0.3, 0.4) is 0 Å². The normalized spacial score (nSPS) is 15.0. The van der Waals surface area contributed by atoms with Gasteiger partial charge in [-0.15, -0.1) is 0 Å². The van der Waals surface area contributed by atoms with Gasteiger partial charge in [0.2, 0.25) is 0 Å². The summed E-state index contributed by atoms with van der Waals surface area (Å²) in [4.78, 5) is 4.79. The molecule has 2 aromatic rings. The maximum atomic E-state index is 5.78. The lowest BCUT2D eigenvalue weighted by Gasteiger charge is -2.18. The number of nitrogens with zero attached hydrogens (tertiary/aromatic N) is 1. The number of hydrogen-bond acceptors (Lipinski definition) is 2. The molecule has 1 saturated carbocycles. The highest BCUT2D eigenvalue weighted by molar-refractivity contribution is 5.60. The van der Waals surface area contributed by atoms with Gasteiger partial charge in [0.25, 0.3) is 0 Å². The molecule has 0 aliphatic heterocycles. The summed E-state index contributed by atoms with van der Waals surface area (Å²) in [6.07, 6.45) is 2.64. The minimum absolute atomic E-state index is 0.0727. The lowest BCUT2D eigenvalue weighted by molar-refractivity contribution is 0.300. The van der Waals surface area contributed by atoms with Crippen LogP contribution in [-0.4, -0.2) is 11.6 Å². The van der Waals surface area contributed by atoms with Crippen LogP contribution < -0.4 is 4.74 Å².